The molecular weight excluding hydrogens is 198 g/mol. The standard InChI is InChI=1S/C9H11N3OS/c1-5-4-14-8(10-5)7-6(2)11-12(3)9(7)13/h4,11H,1-3H3. The molecule has 2 rings (SSSR count). The van der Waals surface area contributed by atoms with E-state index < -0.39 is 0 Å². The molecule has 0 unspecified atom stereocenters. The second-order valence-electron chi connectivity index (χ2n) is 3.27. The Morgan fingerprint density at radius 1 is 1.50 bits per heavy atom. The number of H-pyrrole nitrogens is 1. The average Bonchev–Trinajstić information content (AvgIpc) is 2.60. The first-order valence-electron chi connectivity index (χ1n) is 4.27. The molecule has 0 spiro atoms. The van der Waals surface area contributed by atoms with Crippen molar-refractivity contribution in [1.82, 2.24) is 14.8 Å². The third-order valence-electron chi connectivity index (χ3n) is 2.06. The van der Waals surface area contributed by atoms with Gasteiger partial charge in [0.25, 0.3) is 5.56 Å². The second-order valence-corrected chi connectivity index (χ2v) is 4.13. The van der Waals surface area contributed by atoms with Crippen LogP contribution in [0.4, 0.5) is 0 Å². The lowest BCUT2D eigenvalue weighted by Crippen LogP contribution is -2.12. The van der Waals surface area contributed by atoms with E-state index in [0.29, 0.717) is 5.56 Å². The monoisotopic (exact) mass is 209 g/mol. The van der Waals surface area contributed by atoms with Crippen LogP contribution in [0, 0.1) is 13.8 Å². The summed E-state index contributed by atoms with van der Waals surface area (Å²) in [7, 11) is 1.71. The van der Waals surface area contributed by atoms with Crippen molar-refractivity contribution in [2.24, 2.45) is 7.05 Å². The molecule has 0 saturated heterocycles. The zero-order valence-electron chi connectivity index (χ0n) is 8.29. The maximum Gasteiger partial charge on any atom is 0.276 e. The number of aromatic nitrogens is 3. The molecular formula is C9H11N3OS. The van der Waals surface area contributed by atoms with Gasteiger partial charge in [0, 0.05) is 23.8 Å². The third-order valence-corrected chi connectivity index (χ3v) is 3.04. The van der Waals surface area contributed by atoms with Crippen molar-refractivity contribution in [1.29, 1.82) is 0 Å². The van der Waals surface area contributed by atoms with Crippen molar-refractivity contribution in [3.63, 3.8) is 0 Å². The molecule has 0 atom stereocenters. The number of aromatic amines is 1. The first-order valence-corrected chi connectivity index (χ1v) is 5.15. The maximum absolute atomic E-state index is 11.7. The molecule has 0 saturated carbocycles. The predicted octanol–water partition coefficient (Wildman–Crippen LogP) is 1.45. The van der Waals surface area contributed by atoms with E-state index in [-0.39, 0.29) is 5.56 Å². The van der Waals surface area contributed by atoms with Gasteiger partial charge in [-0.2, -0.15) is 0 Å². The number of hydrogen-bond acceptors (Lipinski definition) is 3. The minimum atomic E-state index is -0.0168. The maximum atomic E-state index is 11.7. The summed E-state index contributed by atoms with van der Waals surface area (Å²) in [6.07, 6.45) is 0. The first-order chi connectivity index (χ1) is 6.59. The Bertz CT molecular complexity index is 520. The average molecular weight is 209 g/mol. The fourth-order valence-corrected chi connectivity index (χ4v) is 2.30. The molecule has 0 aliphatic carbocycles. The van der Waals surface area contributed by atoms with E-state index in [1.165, 1.54) is 16.0 Å². The van der Waals surface area contributed by atoms with Gasteiger partial charge in [-0.25, -0.2) is 4.98 Å². The van der Waals surface area contributed by atoms with E-state index in [4.69, 9.17) is 0 Å². The molecule has 5 heteroatoms. The lowest BCUT2D eigenvalue weighted by atomic mass is 10.3. The van der Waals surface area contributed by atoms with Gasteiger partial charge in [0.15, 0.2) is 0 Å². The lowest BCUT2D eigenvalue weighted by molar-refractivity contribution is 0.731. The summed E-state index contributed by atoms with van der Waals surface area (Å²) in [4.78, 5) is 16.0. The molecule has 0 aromatic carbocycles. The summed E-state index contributed by atoms with van der Waals surface area (Å²) in [5.41, 5.74) is 2.49. The highest BCUT2D eigenvalue weighted by molar-refractivity contribution is 7.13. The van der Waals surface area contributed by atoms with Crippen LogP contribution >= 0.6 is 11.3 Å². The van der Waals surface area contributed by atoms with Gasteiger partial charge >= 0.3 is 0 Å². The molecule has 4 nitrogen and oxygen atoms in total. The number of nitrogens with one attached hydrogen (secondary N) is 1. The Morgan fingerprint density at radius 2 is 2.21 bits per heavy atom. The normalized spacial score (nSPS) is 10.8. The Kier molecular flexibility index (Phi) is 2.03. The topological polar surface area (TPSA) is 50.7 Å². The van der Waals surface area contributed by atoms with Crippen molar-refractivity contribution in [2.45, 2.75) is 13.8 Å². The number of aryl methyl sites for hydroxylation is 3. The smallest absolute Gasteiger partial charge is 0.276 e. The number of hydrogen-bond donors (Lipinski definition) is 1. The van der Waals surface area contributed by atoms with Crippen molar-refractivity contribution >= 4 is 11.3 Å². The highest BCUT2D eigenvalue weighted by Gasteiger charge is 2.13. The van der Waals surface area contributed by atoms with Crippen LogP contribution in [-0.4, -0.2) is 14.8 Å². The summed E-state index contributed by atoms with van der Waals surface area (Å²) in [6.45, 7) is 3.81. The van der Waals surface area contributed by atoms with Gasteiger partial charge < -0.3 is 0 Å². The third kappa shape index (κ3) is 1.29. The van der Waals surface area contributed by atoms with Crippen LogP contribution in [0.25, 0.3) is 10.6 Å². The van der Waals surface area contributed by atoms with Crippen LogP contribution in [0.5, 0.6) is 0 Å². The van der Waals surface area contributed by atoms with Crippen LogP contribution in [0.1, 0.15) is 11.4 Å². The zero-order chi connectivity index (χ0) is 10.3. The van der Waals surface area contributed by atoms with Crippen LogP contribution in [0.2, 0.25) is 0 Å². The molecule has 74 valence electrons. The molecule has 0 fully saturated rings. The van der Waals surface area contributed by atoms with Gasteiger partial charge in [0.1, 0.15) is 5.01 Å². The largest absolute Gasteiger partial charge is 0.300 e. The van der Waals surface area contributed by atoms with Gasteiger partial charge in [-0.3, -0.25) is 14.6 Å². The Morgan fingerprint density at radius 3 is 2.64 bits per heavy atom. The molecule has 0 aliphatic heterocycles. The molecule has 2 aromatic heterocycles. The fraction of sp³-hybridized carbons (Fsp3) is 0.333. The SMILES string of the molecule is Cc1csc(-c2c(C)[nH]n(C)c2=O)n1. The van der Waals surface area contributed by atoms with Crippen molar-refractivity contribution in [2.75, 3.05) is 0 Å². The van der Waals surface area contributed by atoms with E-state index in [1.807, 2.05) is 19.2 Å². The van der Waals surface area contributed by atoms with Crippen LogP contribution in [-0.2, 0) is 7.05 Å². The van der Waals surface area contributed by atoms with Gasteiger partial charge in [-0.15, -0.1) is 11.3 Å². The molecule has 0 aliphatic rings. The minimum Gasteiger partial charge on any atom is -0.300 e. The second kappa shape index (κ2) is 3.09. The van der Waals surface area contributed by atoms with E-state index in [9.17, 15) is 4.79 Å². The van der Waals surface area contributed by atoms with Gasteiger partial charge in [0.2, 0.25) is 0 Å². The highest BCUT2D eigenvalue weighted by Crippen LogP contribution is 2.22. The molecule has 2 aromatic rings. The quantitative estimate of drug-likeness (QED) is 0.773. The summed E-state index contributed by atoms with van der Waals surface area (Å²) in [5, 5.41) is 5.69. The van der Waals surface area contributed by atoms with Gasteiger partial charge in [-0.1, -0.05) is 0 Å². The summed E-state index contributed by atoms with van der Waals surface area (Å²) in [6, 6.07) is 0. The summed E-state index contributed by atoms with van der Waals surface area (Å²) < 4.78 is 1.47. The van der Waals surface area contributed by atoms with Crippen LogP contribution < -0.4 is 5.56 Å². The molecule has 0 bridgehead atoms. The Balaban J connectivity index is 2.67. The van der Waals surface area contributed by atoms with Crippen molar-refractivity contribution < 1.29 is 0 Å². The van der Waals surface area contributed by atoms with Crippen molar-refractivity contribution in [3.05, 3.63) is 27.1 Å². The molecule has 0 amide bonds. The first kappa shape index (κ1) is 9.21. The molecule has 2 heterocycles. The molecule has 14 heavy (non-hydrogen) atoms. The highest BCUT2D eigenvalue weighted by atomic mass is 32.1. The number of nitrogens with zero attached hydrogens (tertiary/aromatic N) is 2. The fourth-order valence-electron chi connectivity index (χ4n) is 1.41. The van der Waals surface area contributed by atoms with E-state index in [1.54, 1.807) is 7.05 Å². The Hall–Kier alpha value is -1.36. The molecule has 1 N–H and O–H groups in total. The number of thiazole rings is 1. The van der Waals surface area contributed by atoms with Gasteiger partial charge in [-0.05, 0) is 13.8 Å². The minimum absolute atomic E-state index is 0.0168. The van der Waals surface area contributed by atoms with Crippen molar-refractivity contribution in [3.8, 4) is 10.6 Å². The van der Waals surface area contributed by atoms with Crippen LogP contribution in [0.3, 0.4) is 0 Å². The van der Waals surface area contributed by atoms with E-state index in [0.717, 1.165) is 16.4 Å². The number of rotatable bonds is 1. The summed E-state index contributed by atoms with van der Waals surface area (Å²) >= 11 is 1.50. The predicted molar refractivity (Wildman–Crippen MR) is 56.6 cm³/mol. The van der Waals surface area contributed by atoms with Crippen LogP contribution in [0.15, 0.2) is 10.2 Å². The van der Waals surface area contributed by atoms with Gasteiger partial charge in [0.05, 0.1) is 5.56 Å². The lowest BCUT2D eigenvalue weighted by Gasteiger charge is -1.88. The van der Waals surface area contributed by atoms with E-state index >= 15 is 0 Å². The molecule has 0 radical (unpaired) electrons. The summed E-state index contributed by atoms with van der Waals surface area (Å²) in [5.74, 6) is 0. The Labute approximate surface area is 85.2 Å². The van der Waals surface area contributed by atoms with E-state index in [2.05, 4.69) is 10.1 Å². The zero-order valence-corrected chi connectivity index (χ0v) is 9.10.